The fraction of sp³-hybridized carbons (Fsp3) is 0.600. The average Bonchev–Trinajstić information content (AvgIpc) is 2.63. The second-order valence-corrected chi connectivity index (χ2v) is 8.42. The van der Waals surface area contributed by atoms with E-state index in [0.717, 1.165) is 44.2 Å². The smallest absolute Gasteiger partial charge is 0.345 e. The lowest BCUT2D eigenvalue weighted by Gasteiger charge is -2.39. The largest absolute Gasteiger partial charge is 0.416 e. The minimum atomic E-state index is -4.57. The van der Waals surface area contributed by atoms with Crippen molar-refractivity contribution in [2.24, 2.45) is 11.3 Å². The number of carbonyl (C=O) groups is 2. The molecule has 0 aromatic heterocycles. The van der Waals surface area contributed by atoms with Crippen molar-refractivity contribution in [1.29, 1.82) is 0 Å². The van der Waals surface area contributed by atoms with Crippen molar-refractivity contribution in [3.63, 3.8) is 0 Å². The number of halogens is 4. The predicted octanol–water partition coefficient (Wildman–Crippen LogP) is 5.41. The number of amides is 2. The highest BCUT2D eigenvalue weighted by Crippen LogP contribution is 2.40. The van der Waals surface area contributed by atoms with Gasteiger partial charge in [0.05, 0.1) is 16.3 Å². The molecular formula is C20H26ClF3N2O2. The third-order valence-corrected chi connectivity index (χ3v) is 6.16. The lowest BCUT2D eigenvalue weighted by atomic mass is 9.69. The van der Waals surface area contributed by atoms with Gasteiger partial charge in [0, 0.05) is 6.04 Å². The standard InChI is InChI=1S/C20H26ClF3N2O2/c1-4-19(2,3)12-5-8-14(9-6-12)25-17(27)18(28)26-16-11-13(20(22,23)24)7-10-15(16)21/h7,10-12,14H,4-6,8-9H2,1-3H3,(H,25,27)(H,26,28). The number of rotatable bonds is 4. The van der Waals surface area contributed by atoms with Gasteiger partial charge in [-0.3, -0.25) is 9.59 Å². The highest BCUT2D eigenvalue weighted by molar-refractivity contribution is 6.41. The Morgan fingerprint density at radius 2 is 1.71 bits per heavy atom. The molecule has 0 atom stereocenters. The van der Waals surface area contributed by atoms with Crippen molar-refractivity contribution < 1.29 is 22.8 Å². The van der Waals surface area contributed by atoms with Crippen LogP contribution in [0.1, 0.15) is 58.4 Å². The minimum absolute atomic E-state index is 0.0727. The van der Waals surface area contributed by atoms with Crippen LogP contribution in [0.4, 0.5) is 18.9 Å². The average molecular weight is 419 g/mol. The molecule has 1 aliphatic carbocycles. The maximum Gasteiger partial charge on any atom is 0.416 e. The van der Waals surface area contributed by atoms with Gasteiger partial charge in [-0.25, -0.2) is 0 Å². The van der Waals surface area contributed by atoms with E-state index < -0.39 is 23.6 Å². The summed E-state index contributed by atoms with van der Waals surface area (Å²) in [6.07, 6.45) is -0.0132. The van der Waals surface area contributed by atoms with E-state index in [0.29, 0.717) is 12.0 Å². The maximum absolute atomic E-state index is 12.8. The molecule has 0 bridgehead atoms. The van der Waals surface area contributed by atoms with E-state index in [-0.39, 0.29) is 22.2 Å². The van der Waals surface area contributed by atoms with Gasteiger partial charge in [0.1, 0.15) is 0 Å². The topological polar surface area (TPSA) is 58.2 Å². The molecule has 0 heterocycles. The van der Waals surface area contributed by atoms with Crippen LogP contribution in [0.15, 0.2) is 18.2 Å². The summed E-state index contributed by atoms with van der Waals surface area (Å²) in [5.74, 6) is -1.33. The molecule has 8 heteroatoms. The van der Waals surface area contributed by atoms with E-state index >= 15 is 0 Å². The van der Waals surface area contributed by atoms with Gasteiger partial charge in [0.25, 0.3) is 0 Å². The highest BCUT2D eigenvalue weighted by Gasteiger charge is 2.33. The summed E-state index contributed by atoms with van der Waals surface area (Å²) in [6.45, 7) is 6.64. The molecule has 1 aromatic carbocycles. The number of nitrogens with one attached hydrogen (secondary N) is 2. The summed E-state index contributed by atoms with van der Waals surface area (Å²) in [7, 11) is 0. The van der Waals surface area contributed by atoms with Crippen molar-refractivity contribution in [1.82, 2.24) is 5.32 Å². The Hall–Kier alpha value is -1.76. The first kappa shape index (κ1) is 22.5. The van der Waals surface area contributed by atoms with Crippen molar-refractivity contribution in [2.45, 2.75) is 65.1 Å². The molecular weight excluding hydrogens is 393 g/mol. The van der Waals surface area contributed by atoms with Crippen LogP contribution in [0, 0.1) is 11.3 Å². The summed E-state index contributed by atoms with van der Waals surface area (Å²) in [5.41, 5.74) is -0.957. The Kier molecular flexibility index (Phi) is 7.02. The zero-order chi connectivity index (χ0) is 21.1. The van der Waals surface area contributed by atoms with E-state index in [2.05, 4.69) is 31.4 Å². The van der Waals surface area contributed by atoms with Crippen LogP contribution < -0.4 is 10.6 Å². The second-order valence-electron chi connectivity index (χ2n) is 8.01. The van der Waals surface area contributed by atoms with Gasteiger partial charge < -0.3 is 10.6 Å². The fourth-order valence-corrected chi connectivity index (χ4v) is 3.70. The predicted molar refractivity (Wildman–Crippen MR) is 103 cm³/mol. The molecule has 1 aliphatic rings. The van der Waals surface area contributed by atoms with Gasteiger partial charge in [-0.15, -0.1) is 0 Å². The summed E-state index contributed by atoms with van der Waals surface area (Å²) >= 11 is 5.85. The fourth-order valence-electron chi connectivity index (χ4n) is 3.54. The quantitative estimate of drug-likeness (QED) is 0.642. The number of benzene rings is 1. The third-order valence-electron chi connectivity index (χ3n) is 5.83. The zero-order valence-electron chi connectivity index (χ0n) is 16.3. The van der Waals surface area contributed by atoms with Crippen LogP contribution in [0.5, 0.6) is 0 Å². The molecule has 2 rings (SSSR count). The maximum atomic E-state index is 12.8. The summed E-state index contributed by atoms with van der Waals surface area (Å²) in [5, 5.41) is 4.78. The second kappa shape index (κ2) is 8.72. The molecule has 0 spiro atoms. The van der Waals surface area contributed by atoms with Gasteiger partial charge in [-0.05, 0) is 55.2 Å². The van der Waals surface area contributed by atoms with Crippen molar-refractivity contribution in [2.75, 3.05) is 5.32 Å². The van der Waals surface area contributed by atoms with Gasteiger partial charge in [-0.1, -0.05) is 38.8 Å². The van der Waals surface area contributed by atoms with Crippen LogP contribution in [-0.4, -0.2) is 17.9 Å². The SMILES string of the molecule is CCC(C)(C)C1CCC(NC(=O)C(=O)Nc2cc(C(F)(F)F)ccc2Cl)CC1. The van der Waals surface area contributed by atoms with Gasteiger partial charge in [-0.2, -0.15) is 13.2 Å². The minimum Gasteiger partial charge on any atom is -0.345 e. The van der Waals surface area contributed by atoms with E-state index in [4.69, 9.17) is 11.6 Å². The lowest BCUT2D eigenvalue weighted by molar-refractivity contribution is -0.137. The van der Waals surface area contributed by atoms with E-state index in [1.807, 2.05) is 0 Å². The van der Waals surface area contributed by atoms with Crippen molar-refractivity contribution in [3.8, 4) is 0 Å². The highest BCUT2D eigenvalue weighted by atomic mass is 35.5. The van der Waals surface area contributed by atoms with Gasteiger partial charge in [0.2, 0.25) is 0 Å². The molecule has 2 N–H and O–H groups in total. The first-order valence-corrected chi connectivity index (χ1v) is 9.80. The third kappa shape index (κ3) is 5.63. The number of hydrogen-bond donors (Lipinski definition) is 2. The molecule has 1 aromatic rings. The zero-order valence-corrected chi connectivity index (χ0v) is 17.0. The summed E-state index contributed by atoms with van der Waals surface area (Å²) in [6, 6.07) is 2.45. The molecule has 0 unspecified atom stereocenters. The number of carbonyl (C=O) groups excluding carboxylic acids is 2. The molecule has 1 saturated carbocycles. The Morgan fingerprint density at radius 3 is 2.25 bits per heavy atom. The van der Waals surface area contributed by atoms with Crippen LogP contribution in [0.2, 0.25) is 5.02 Å². The Labute approximate surface area is 168 Å². The number of hydrogen-bond acceptors (Lipinski definition) is 2. The Morgan fingerprint density at radius 1 is 1.11 bits per heavy atom. The normalized spacial score (nSPS) is 20.5. The van der Waals surface area contributed by atoms with E-state index in [1.165, 1.54) is 0 Å². The molecule has 2 amide bonds. The van der Waals surface area contributed by atoms with Crippen molar-refractivity contribution in [3.05, 3.63) is 28.8 Å². The van der Waals surface area contributed by atoms with E-state index in [1.54, 1.807) is 0 Å². The number of anilines is 1. The molecule has 156 valence electrons. The molecule has 0 saturated heterocycles. The lowest BCUT2D eigenvalue weighted by Crippen LogP contribution is -2.44. The Bertz CT molecular complexity index is 727. The van der Waals surface area contributed by atoms with Crippen molar-refractivity contribution >= 4 is 29.1 Å². The molecule has 28 heavy (non-hydrogen) atoms. The van der Waals surface area contributed by atoms with Crippen LogP contribution in [0.3, 0.4) is 0 Å². The van der Waals surface area contributed by atoms with E-state index in [9.17, 15) is 22.8 Å². The number of alkyl halides is 3. The Balaban J connectivity index is 1.93. The summed E-state index contributed by atoms with van der Waals surface area (Å²) < 4.78 is 38.4. The van der Waals surface area contributed by atoms with Gasteiger partial charge in [0.15, 0.2) is 0 Å². The van der Waals surface area contributed by atoms with Crippen LogP contribution in [0.25, 0.3) is 0 Å². The molecule has 1 fully saturated rings. The summed E-state index contributed by atoms with van der Waals surface area (Å²) in [4.78, 5) is 24.3. The molecule has 4 nitrogen and oxygen atoms in total. The van der Waals surface area contributed by atoms with Gasteiger partial charge >= 0.3 is 18.0 Å². The first-order chi connectivity index (χ1) is 12.9. The molecule has 0 radical (unpaired) electrons. The van der Waals surface area contributed by atoms with Crippen LogP contribution >= 0.6 is 11.6 Å². The first-order valence-electron chi connectivity index (χ1n) is 9.42. The molecule has 0 aliphatic heterocycles. The van der Waals surface area contributed by atoms with Crippen LogP contribution in [-0.2, 0) is 15.8 Å². The monoisotopic (exact) mass is 418 g/mol.